The molecule has 2 rings (SSSR count). The number of hydrogen-bond donors (Lipinski definition) is 1. The van der Waals surface area contributed by atoms with Gasteiger partial charge in [-0.1, -0.05) is 58.4 Å². The van der Waals surface area contributed by atoms with Crippen molar-refractivity contribution in [3.63, 3.8) is 0 Å². The minimum Gasteiger partial charge on any atom is -0.385 e. The highest BCUT2D eigenvalue weighted by atomic mass is 79.9. The maximum absolute atomic E-state index is 10.6. The molecule has 0 heterocycles. The van der Waals surface area contributed by atoms with Crippen LogP contribution in [0, 0.1) is 0 Å². The summed E-state index contributed by atoms with van der Waals surface area (Å²) in [4.78, 5) is 0. The van der Waals surface area contributed by atoms with Crippen LogP contribution in [-0.2, 0) is 5.60 Å². The van der Waals surface area contributed by atoms with Gasteiger partial charge in [0.05, 0.1) is 5.60 Å². The van der Waals surface area contributed by atoms with Gasteiger partial charge in [-0.25, -0.2) is 0 Å². The minimum atomic E-state index is -0.777. The Morgan fingerprint density at radius 1 is 1.05 bits per heavy atom. The van der Waals surface area contributed by atoms with Gasteiger partial charge >= 0.3 is 0 Å². The Morgan fingerprint density at radius 2 is 1.57 bits per heavy atom. The van der Waals surface area contributed by atoms with E-state index in [1.807, 2.05) is 37.3 Å². The van der Waals surface area contributed by atoms with Crippen molar-refractivity contribution in [3.8, 4) is 11.1 Å². The highest BCUT2D eigenvalue weighted by molar-refractivity contribution is 9.10. The topological polar surface area (TPSA) is 20.2 Å². The second-order valence-electron chi connectivity index (χ2n) is 5.54. The van der Waals surface area contributed by atoms with Crippen molar-refractivity contribution in [1.29, 1.82) is 0 Å². The third kappa shape index (κ3) is 4.29. The van der Waals surface area contributed by atoms with Gasteiger partial charge in [0.1, 0.15) is 0 Å². The van der Waals surface area contributed by atoms with E-state index in [-0.39, 0.29) is 0 Å². The van der Waals surface area contributed by atoms with Crippen molar-refractivity contribution in [2.45, 2.75) is 31.8 Å². The molecule has 21 heavy (non-hydrogen) atoms. The Hall–Kier alpha value is -1.38. The van der Waals surface area contributed by atoms with Gasteiger partial charge in [-0.15, -0.1) is 6.58 Å². The second kappa shape index (κ2) is 7.06. The van der Waals surface area contributed by atoms with Crippen molar-refractivity contribution in [2.24, 2.45) is 0 Å². The average Bonchev–Trinajstić information content (AvgIpc) is 2.48. The Labute approximate surface area is 135 Å². The SMILES string of the molecule is C=CCCCC(C)(O)c1ccc(-c2ccc(Br)cc2)cc1. The molecule has 1 N–H and O–H groups in total. The molecule has 0 saturated heterocycles. The molecular weight excluding hydrogens is 324 g/mol. The molecule has 2 heteroatoms. The number of hydrogen-bond acceptors (Lipinski definition) is 1. The van der Waals surface area contributed by atoms with E-state index in [0.29, 0.717) is 0 Å². The number of halogens is 1. The fraction of sp³-hybridized carbons (Fsp3) is 0.263. The number of unbranched alkanes of at least 4 members (excludes halogenated alkanes) is 1. The molecule has 0 bridgehead atoms. The summed E-state index contributed by atoms with van der Waals surface area (Å²) in [5.41, 5.74) is 2.53. The normalized spacial score (nSPS) is 13.7. The molecule has 0 fully saturated rings. The van der Waals surface area contributed by atoms with Crippen molar-refractivity contribution >= 4 is 15.9 Å². The van der Waals surface area contributed by atoms with Gasteiger partial charge in [0.25, 0.3) is 0 Å². The Morgan fingerprint density at radius 3 is 2.10 bits per heavy atom. The number of aliphatic hydroxyl groups is 1. The highest BCUT2D eigenvalue weighted by Gasteiger charge is 2.21. The van der Waals surface area contributed by atoms with Gasteiger partial charge in [0.15, 0.2) is 0 Å². The van der Waals surface area contributed by atoms with E-state index in [2.05, 4.69) is 46.8 Å². The zero-order valence-corrected chi connectivity index (χ0v) is 13.9. The third-order valence-corrected chi connectivity index (χ3v) is 4.28. The molecule has 0 aliphatic carbocycles. The Bertz CT molecular complexity index is 582. The average molecular weight is 345 g/mol. The maximum Gasteiger partial charge on any atom is 0.0868 e. The molecule has 2 aromatic rings. The van der Waals surface area contributed by atoms with E-state index in [0.717, 1.165) is 34.9 Å². The summed E-state index contributed by atoms with van der Waals surface area (Å²) in [5, 5.41) is 10.6. The van der Waals surface area contributed by atoms with Gasteiger partial charge in [0.2, 0.25) is 0 Å². The van der Waals surface area contributed by atoms with Crippen molar-refractivity contribution in [2.75, 3.05) is 0 Å². The summed E-state index contributed by atoms with van der Waals surface area (Å²) in [6, 6.07) is 16.4. The molecule has 1 nitrogen and oxygen atoms in total. The predicted molar refractivity (Wildman–Crippen MR) is 93.2 cm³/mol. The van der Waals surface area contributed by atoms with Gasteiger partial charge in [-0.05, 0) is 55.0 Å². The molecule has 2 aromatic carbocycles. The molecule has 0 aliphatic heterocycles. The molecule has 0 aliphatic rings. The van der Waals surface area contributed by atoms with Crippen LogP contribution in [0.2, 0.25) is 0 Å². The lowest BCUT2D eigenvalue weighted by Gasteiger charge is -2.24. The third-order valence-electron chi connectivity index (χ3n) is 3.76. The lowest BCUT2D eigenvalue weighted by molar-refractivity contribution is 0.0459. The molecule has 0 radical (unpaired) electrons. The molecule has 0 amide bonds. The zero-order valence-electron chi connectivity index (χ0n) is 12.3. The molecule has 0 aromatic heterocycles. The van der Waals surface area contributed by atoms with Crippen LogP contribution in [0.15, 0.2) is 65.7 Å². The first kappa shape index (κ1) is 16.0. The first-order chi connectivity index (χ1) is 10.0. The Balaban J connectivity index is 2.14. The minimum absolute atomic E-state index is 0.747. The van der Waals surface area contributed by atoms with Gasteiger partial charge in [-0.2, -0.15) is 0 Å². The number of rotatable bonds is 6. The maximum atomic E-state index is 10.6. The van der Waals surface area contributed by atoms with Crippen molar-refractivity contribution in [3.05, 3.63) is 71.2 Å². The van der Waals surface area contributed by atoms with E-state index >= 15 is 0 Å². The summed E-state index contributed by atoms with van der Waals surface area (Å²) >= 11 is 3.45. The van der Waals surface area contributed by atoms with Crippen molar-refractivity contribution < 1.29 is 5.11 Å². The zero-order chi connectivity index (χ0) is 15.3. The van der Waals surface area contributed by atoms with Gasteiger partial charge in [-0.3, -0.25) is 0 Å². The fourth-order valence-electron chi connectivity index (χ4n) is 2.40. The Kier molecular flexibility index (Phi) is 5.38. The highest BCUT2D eigenvalue weighted by Crippen LogP contribution is 2.29. The van der Waals surface area contributed by atoms with E-state index in [1.165, 1.54) is 5.56 Å². The quantitative estimate of drug-likeness (QED) is 0.527. The monoisotopic (exact) mass is 344 g/mol. The van der Waals surface area contributed by atoms with E-state index in [1.54, 1.807) is 0 Å². The van der Waals surface area contributed by atoms with E-state index in [4.69, 9.17) is 0 Å². The van der Waals surface area contributed by atoms with Crippen molar-refractivity contribution in [1.82, 2.24) is 0 Å². The molecular formula is C19H21BrO. The van der Waals surface area contributed by atoms with Crippen LogP contribution in [0.1, 0.15) is 31.7 Å². The summed E-state index contributed by atoms with van der Waals surface area (Å²) in [5.74, 6) is 0. The molecule has 0 saturated carbocycles. The van der Waals surface area contributed by atoms with Crippen LogP contribution in [0.25, 0.3) is 11.1 Å². The van der Waals surface area contributed by atoms with Crippen LogP contribution in [-0.4, -0.2) is 5.11 Å². The number of benzene rings is 2. The largest absolute Gasteiger partial charge is 0.385 e. The lowest BCUT2D eigenvalue weighted by atomic mass is 9.89. The molecule has 1 unspecified atom stereocenters. The standard InChI is InChI=1S/C19H21BrO/c1-3-4-5-14-19(2,21)17-10-6-15(7-11-17)16-8-12-18(20)13-9-16/h3,6-13,21H,1,4-5,14H2,2H3. The van der Waals surface area contributed by atoms with Gasteiger partial charge < -0.3 is 5.11 Å². The molecule has 1 atom stereocenters. The van der Waals surface area contributed by atoms with Crippen LogP contribution in [0.5, 0.6) is 0 Å². The fourth-order valence-corrected chi connectivity index (χ4v) is 2.66. The first-order valence-electron chi connectivity index (χ1n) is 7.23. The van der Waals surface area contributed by atoms with Crippen LogP contribution in [0.3, 0.4) is 0 Å². The second-order valence-corrected chi connectivity index (χ2v) is 6.45. The summed E-state index contributed by atoms with van der Waals surface area (Å²) in [6.45, 7) is 5.60. The summed E-state index contributed by atoms with van der Waals surface area (Å²) < 4.78 is 1.08. The van der Waals surface area contributed by atoms with Crippen LogP contribution < -0.4 is 0 Å². The summed E-state index contributed by atoms with van der Waals surface area (Å²) in [7, 11) is 0. The van der Waals surface area contributed by atoms with Crippen LogP contribution in [0.4, 0.5) is 0 Å². The summed E-state index contributed by atoms with van der Waals surface area (Å²) in [6.07, 6.45) is 4.53. The van der Waals surface area contributed by atoms with E-state index in [9.17, 15) is 5.11 Å². The van der Waals surface area contributed by atoms with Crippen LogP contribution >= 0.6 is 15.9 Å². The molecule has 110 valence electrons. The predicted octanol–water partition coefficient (Wildman–Crippen LogP) is 5.68. The molecule has 0 spiro atoms. The van der Waals surface area contributed by atoms with E-state index < -0.39 is 5.60 Å². The first-order valence-corrected chi connectivity index (χ1v) is 8.02. The van der Waals surface area contributed by atoms with Gasteiger partial charge in [0, 0.05) is 4.47 Å². The number of allylic oxidation sites excluding steroid dienone is 1. The lowest BCUT2D eigenvalue weighted by Crippen LogP contribution is -2.20. The smallest absolute Gasteiger partial charge is 0.0868 e.